The fourth-order valence-corrected chi connectivity index (χ4v) is 1.98. The van der Waals surface area contributed by atoms with Gasteiger partial charge in [0, 0.05) is 26.5 Å². The third-order valence-electron chi connectivity index (χ3n) is 3.32. The number of nitrogens with zero attached hydrogens (tertiary/aromatic N) is 3. The predicted octanol–water partition coefficient (Wildman–Crippen LogP) is 0.260. The zero-order valence-electron chi connectivity index (χ0n) is 9.81. The zero-order valence-corrected chi connectivity index (χ0v) is 9.81. The lowest BCUT2D eigenvalue weighted by atomic mass is 9.76. The van der Waals surface area contributed by atoms with Gasteiger partial charge in [-0.1, -0.05) is 0 Å². The summed E-state index contributed by atoms with van der Waals surface area (Å²) in [6.07, 6.45) is 6.26. The number of imidazole rings is 1. The maximum Gasteiger partial charge on any atom is 0.242 e. The van der Waals surface area contributed by atoms with Gasteiger partial charge >= 0.3 is 0 Å². The van der Waals surface area contributed by atoms with Crippen LogP contribution in [0.1, 0.15) is 25.1 Å². The molecular formula is C11H18N4O. The molecule has 1 amide bonds. The molecule has 1 aliphatic carbocycles. The van der Waals surface area contributed by atoms with E-state index >= 15 is 0 Å². The van der Waals surface area contributed by atoms with Crippen LogP contribution in [0.3, 0.4) is 0 Å². The summed E-state index contributed by atoms with van der Waals surface area (Å²) in [6.45, 7) is 0.515. The van der Waals surface area contributed by atoms with Crippen LogP contribution in [0.15, 0.2) is 12.4 Å². The average Bonchev–Trinajstić information content (AvgIpc) is 2.60. The summed E-state index contributed by atoms with van der Waals surface area (Å²) in [4.78, 5) is 17.9. The van der Waals surface area contributed by atoms with Gasteiger partial charge in [-0.15, -0.1) is 0 Å². The number of carbonyl (C=O) groups is 1. The Labute approximate surface area is 95.2 Å². The molecule has 0 spiro atoms. The van der Waals surface area contributed by atoms with Crippen LogP contribution in [0.5, 0.6) is 0 Å². The third-order valence-corrected chi connectivity index (χ3v) is 3.32. The minimum absolute atomic E-state index is 0.0294. The van der Waals surface area contributed by atoms with Crippen molar-refractivity contribution in [1.82, 2.24) is 14.5 Å². The fourth-order valence-electron chi connectivity index (χ4n) is 1.98. The van der Waals surface area contributed by atoms with Crippen LogP contribution in [-0.4, -0.2) is 32.9 Å². The van der Waals surface area contributed by atoms with Crippen molar-refractivity contribution in [2.45, 2.75) is 31.3 Å². The highest BCUT2D eigenvalue weighted by atomic mass is 16.2. The SMILES string of the molecule is CN(Cc1nccn1C)C(=O)C1(N)CCC1. The van der Waals surface area contributed by atoms with Gasteiger partial charge in [0.05, 0.1) is 12.1 Å². The number of hydrogen-bond donors (Lipinski definition) is 1. The van der Waals surface area contributed by atoms with Crippen LogP contribution in [-0.2, 0) is 18.4 Å². The average molecular weight is 222 g/mol. The van der Waals surface area contributed by atoms with Crippen LogP contribution >= 0.6 is 0 Å². The molecule has 0 aliphatic heterocycles. The second-order valence-electron chi connectivity index (χ2n) is 4.63. The van der Waals surface area contributed by atoms with Crippen LogP contribution < -0.4 is 5.73 Å². The van der Waals surface area contributed by atoms with Gasteiger partial charge in [-0.2, -0.15) is 0 Å². The largest absolute Gasteiger partial charge is 0.337 e. The summed E-state index contributed by atoms with van der Waals surface area (Å²) in [6, 6.07) is 0. The molecule has 2 N–H and O–H groups in total. The first-order valence-electron chi connectivity index (χ1n) is 5.53. The van der Waals surface area contributed by atoms with Crippen molar-refractivity contribution in [2.75, 3.05) is 7.05 Å². The fraction of sp³-hybridized carbons (Fsp3) is 0.636. The smallest absolute Gasteiger partial charge is 0.242 e. The first-order chi connectivity index (χ1) is 7.53. The lowest BCUT2D eigenvalue weighted by molar-refractivity contribution is -0.139. The number of likely N-dealkylation sites (N-methyl/N-ethyl adjacent to an activating group) is 1. The van der Waals surface area contributed by atoms with E-state index in [1.165, 1.54) is 0 Å². The molecule has 0 aromatic carbocycles. The van der Waals surface area contributed by atoms with Gasteiger partial charge in [-0.25, -0.2) is 4.98 Å². The molecule has 1 aliphatic rings. The summed E-state index contributed by atoms with van der Waals surface area (Å²) in [5.74, 6) is 0.903. The van der Waals surface area contributed by atoms with Gasteiger partial charge in [0.2, 0.25) is 5.91 Å². The van der Waals surface area contributed by atoms with Crippen molar-refractivity contribution in [3.05, 3.63) is 18.2 Å². The van der Waals surface area contributed by atoms with Gasteiger partial charge in [0.25, 0.3) is 0 Å². The minimum atomic E-state index is -0.611. The number of nitrogens with two attached hydrogens (primary N) is 1. The molecule has 16 heavy (non-hydrogen) atoms. The molecule has 1 aromatic rings. The molecule has 0 unspecified atom stereocenters. The van der Waals surface area contributed by atoms with Gasteiger partial charge in [0.15, 0.2) is 0 Å². The molecule has 1 fully saturated rings. The first kappa shape index (κ1) is 11.1. The molecule has 0 bridgehead atoms. The van der Waals surface area contributed by atoms with Crippen molar-refractivity contribution in [3.63, 3.8) is 0 Å². The van der Waals surface area contributed by atoms with Crippen molar-refractivity contribution in [3.8, 4) is 0 Å². The van der Waals surface area contributed by atoms with E-state index in [9.17, 15) is 4.79 Å². The quantitative estimate of drug-likeness (QED) is 0.798. The summed E-state index contributed by atoms with van der Waals surface area (Å²) >= 11 is 0. The Balaban J connectivity index is 2.00. The molecule has 5 heteroatoms. The maximum absolute atomic E-state index is 12.0. The molecule has 0 atom stereocenters. The zero-order chi connectivity index (χ0) is 11.8. The van der Waals surface area contributed by atoms with Crippen molar-refractivity contribution in [1.29, 1.82) is 0 Å². The molecule has 1 heterocycles. The third kappa shape index (κ3) is 1.82. The number of carbonyl (C=O) groups excluding carboxylic acids is 1. The van der Waals surface area contributed by atoms with E-state index in [0.717, 1.165) is 25.1 Å². The molecule has 0 saturated heterocycles. The monoisotopic (exact) mass is 222 g/mol. The van der Waals surface area contributed by atoms with Crippen LogP contribution in [0, 0.1) is 0 Å². The molecular weight excluding hydrogens is 204 g/mol. The Morgan fingerprint density at radius 2 is 2.38 bits per heavy atom. The highest BCUT2D eigenvalue weighted by molar-refractivity contribution is 5.86. The first-order valence-corrected chi connectivity index (χ1v) is 5.53. The predicted molar refractivity (Wildman–Crippen MR) is 60.5 cm³/mol. The van der Waals surface area contributed by atoms with Crippen molar-refractivity contribution in [2.24, 2.45) is 12.8 Å². The molecule has 88 valence electrons. The van der Waals surface area contributed by atoms with E-state index in [1.807, 2.05) is 17.8 Å². The van der Waals surface area contributed by atoms with E-state index in [4.69, 9.17) is 5.73 Å². The number of aryl methyl sites for hydroxylation is 1. The maximum atomic E-state index is 12.0. The Morgan fingerprint density at radius 1 is 1.69 bits per heavy atom. The summed E-state index contributed by atoms with van der Waals surface area (Å²) < 4.78 is 1.91. The van der Waals surface area contributed by atoms with E-state index in [0.29, 0.717) is 6.54 Å². The lowest BCUT2D eigenvalue weighted by Gasteiger charge is -2.39. The van der Waals surface area contributed by atoms with Crippen LogP contribution in [0.4, 0.5) is 0 Å². The number of amides is 1. The van der Waals surface area contributed by atoms with E-state index in [-0.39, 0.29) is 5.91 Å². The molecule has 1 saturated carbocycles. The Bertz CT molecular complexity index is 394. The normalized spacial score (nSPS) is 17.9. The van der Waals surface area contributed by atoms with Crippen molar-refractivity contribution < 1.29 is 4.79 Å². The number of hydrogen-bond acceptors (Lipinski definition) is 3. The van der Waals surface area contributed by atoms with Gasteiger partial charge < -0.3 is 15.2 Å². The standard InChI is InChI=1S/C11H18N4O/c1-14-7-6-13-9(14)8-15(2)10(16)11(12)4-3-5-11/h6-7H,3-5,8,12H2,1-2H3. The Kier molecular flexibility index (Phi) is 2.71. The summed E-state index contributed by atoms with van der Waals surface area (Å²) in [5.41, 5.74) is 5.38. The second kappa shape index (κ2) is 3.90. The lowest BCUT2D eigenvalue weighted by Crippen LogP contribution is -2.58. The van der Waals surface area contributed by atoms with Gasteiger partial charge in [-0.3, -0.25) is 4.79 Å². The molecule has 5 nitrogen and oxygen atoms in total. The molecule has 0 radical (unpaired) electrons. The molecule has 2 rings (SSSR count). The highest BCUT2D eigenvalue weighted by Crippen LogP contribution is 2.30. The second-order valence-corrected chi connectivity index (χ2v) is 4.63. The van der Waals surface area contributed by atoms with Crippen molar-refractivity contribution >= 4 is 5.91 Å². The van der Waals surface area contributed by atoms with Gasteiger partial charge in [-0.05, 0) is 19.3 Å². The van der Waals surface area contributed by atoms with E-state index < -0.39 is 5.54 Å². The minimum Gasteiger partial charge on any atom is -0.337 e. The van der Waals surface area contributed by atoms with Crippen LogP contribution in [0.25, 0.3) is 0 Å². The number of aromatic nitrogens is 2. The highest BCUT2D eigenvalue weighted by Gasteiger charge is 2.41. The summed E-state index contributed by atoms with van der Waals surface area (Å²) in [5, 5.41) is 0. The topological polar surface area (TPSA) is 64.2 Å². The van der Waals surface area contributed by atoms with E-state index in [2.05, 4.69) is 4.98 Å². The Hall–Kier alpha value is -1.36. The summed E-state index contributed by atoms with van der Waals surface area (Å²) in [7, 11) is 3.70. The van der Waals surface area contributed by atoms with Crippen LogP contribution in [0.2, 0.25) is 0 Å². The van der Waals surface area contributed by atoms with Gasteiger partial charge in [0.1, 0.15) is 5.82 Å². The number of rotatable bonds is 3. The Morgan fingerprint density at radius 3 is 2.81 bits per heavy atom. The molecule has 1 aromatic heterocycles. The van der Waals surface area contributed by atoms with E-state index in [1.54, 1.807) is 18.1 Å².